The van der Waals surface area contributed by atoms with Crippen molar-refractivity contribution in [3.8, 4) is 0 Å². The number of nitrogens with zero attached hydrogens (tertiary/aromatic N) is 3. The third-order valence-electron chi connectivity index (χ3n) is 2.42. The molecule has 0 aliphatic carbocycles. The maximum atomic E-state index is 11.9. The number of rotatable bonds is 3. The Morgan fingerprint density at radius 1 is 1.44 bits per heavy atom. The fourth-order valence-electron chi connectivity index (χ4n) is 1.53. The molecular weight excluding hydrogens is 232 g/mol. The van der Waals surface area contributed by atoms with Crippen molar-refractivity contribution in [2.75, 3.05) is 10.7 Å². The highest BCUT2D eigenvalue weighted by Gasteiger charge is 2.09. The number of nitrogens with one attached hydrogen (secondary N) is 2. The zero-order chi connectivity index (χ0) is 13.1. The van der Waals surface area contributed by atoms with Crippen molar-refractivity contribution in [1.29, 1.82) is 0 Å². The number of anilines is 2. The predicted molar refractivity (Wildman–Crippen MR) is 67.9 cm³/mol. The first kappa shape index (κ1) is 12.1. The Bertz CT molecular complexity index is 559. The Kier molecular flexibility index (Phi) is 3.24. The highest BCUT2D eigenvalue weighted by Crippen LogP contribution is 2.10. The van der Waals surface area contributed by atoms with Crippen LogP contribution in [0.15, 0.2) is 24.4 Å². The first-order valence-corrected chi connectivity index (χ1v) is 5.35. The minimum absolute atomic E-state index is 0.242. The van der Waals surface area contributed by atoms with E-state index in [1.54, 1.807) is 29.9 Å². The summed E-state index contributed by atoms with van der Waals surface area (Å²) >= 11 is 0. The van der Waals surface area contributed by atoms with Crippen LogP contribution in [-0.2, 0) is 7.05 Å². The van der Waals surface area contributed by atoms with Crippen molar-refractivity contribution in [3.63, 3.8) is 0 Å². The molecular formula is C11H14N6O. The molecule has 2 aromatic rings. The van der Waals surface area contributed by atoms with Gasteiger partial charge in [-0.1, -0.05) is 0 Å². The standard InChI is InChI=1S/C11H14N6O/c1-7-5-10(17(2)16-7)14-11(18)8-3-4-9(15-12)13-6-8/h3-6H,12H2,1-2H3,(H,13,15)(H,14,18). The first-order chi connectivity index (χ1) is 8.60. The molecule has 1 amide bonds. The van der Waals surface area contributed by atoms with Crippen LogP contribution in [0.4, 0.5) is 11.6 Å². The lowest BCUT2D eigenvalue weighted by atomic mass is 10.2. The Morgan fingerprint density at radius 3 is 2.72 bits per heavy atom. The van der Waals surface area contributed by atoms with Gasteiger partial charge in [0.1, 0.15) is 11.6 Å². The molecule has 0 unspecified atom stereocenters. The van der Waals surface area contributed by atoms with Crippen LogP contribution in [0.3, 0.4) is 0 Å². The van der Waals surface area contributed by atoms with Gasteiger partial charge in [0.25, 0.3) is 5.91 Å². The predicted octanol–water partition coefficient (Wildman–Crippen LogP) is 0.661. The van der Waals surface area contributed by atoms with Crippen molar-refractivity contribution < 1.29 is 4.79 Å². The minimum Gasteiger partial charge on any atom is -0.308 e. The molecule has 0 fully saturated rings. The number of nitrogens with two attached hydrogens (primary N) is 1. The average Bonchev–Trinajstić information content (AvgIpc) is 2.68. The summed E-state index contributed by atoms with van der Waals surface area (Å²) in [6.45, 7) is 1.86. The van der Waals surface area contributed by atoms with Gasteiger partial charge < -0.3 is 10.7 Å². The van der Waals surface area contributed by atoms with Gasteiger partial charge in [0.05, 0.1) is 11.3 Å². The molecule has 0 aromatic carbocycles. The monoisotopic (exact) mass is 246 g/mol. The Morgan fingerprint density at radius 2 is 2.22 bits per heavy atom. The molecule has 0 saturated carbocycles. The van der Waals surface area contributed by atoms with E-state index in [-0.39, 0.29) is 5.91 Å². The summed E-state index contributed by atoms with van der Waals surface area (Å²) < 4.78 is 1.61. The van der Waals surface area contributed by atoms with Crippen LogP contribution in [0.25, 0.3) is 0 Å². The van der Waals surface area contributed by atoms with Crippen LogP contribution in [0.5, 0.6) is 0 Å². The number of nitrogen functional groups attached to an aromatic ring is 1. The summed E-state index contributed by atoms with van der Waals surface area (Å²) in [7, 11) is 1.77. The smallest absolute Gasteiger partial charge is 0.258 e. The van der Waals surface area contributed by atoms with Crippen LogP contribution >= 0.6 is 0 Å². The van der Waals surface area contributed by atoms with E-state index in [1.165, 1.54) is 6.20 Å². The van der Waals surface area contributed by atoms with Gasteiger partial charge in [0.15, 0.2) is 0 Å². The highest BCUT2D eigenvalue weighted by atomic mass is 16.1. The van der Waals surface area contributed by atoms with Gasteiger partial charge in [-0.25, -0.2) is 10.8 Å². The molecule has 0 aliphatic rings. The average molecular weight is 246 g/mol. The number of aryl methyl sites for hydroxylation is 2. The third kappa shape index (κ3) is 2.46. The van der Waals surface area contributed by atoms with E-state index in [2.05, 4.69) is 20.8 Å². The minimum atomic E-state index is -0.242. The lowest BCUT2D eigenvalue weighted by molar-refractivity contribution is 0.102. The molecule has 0 spiro atoms. The maximum Gasteiger partial charge on any atom is 0.258 e. The molecule has 94 valence electrons. The van der Waals surface area contributed by atoms with Gasteiger partial charge in [-0.3, -0.25) is 9.48 Å². The Balaban J connectivity index is 2.14. The Hall–Kier alpha value is -2.41. The largest absolute Gasteiger partial charge is 0.308 e. The highest BCUT2D eigenvalue weighted by molar-refractivity contribution is 6.03. The van der Waals surface area contributed by atoms with E-state index in [4.69, 9.17) is 5.84 Å². The summed E-state index contributed by atoms with van der Waals surface area (Å²) in [5.41, 5.74) is 3.69. The zero-order valence-corrected chi connectivity index (χ0v) is 10.1. The number of aromatic nitrogens is 3. The quantitative estimate of drug-likeness (QED) is 0.546. The van der Waals surface area contributed by atoms with Gasteiger partial charge in [0, 0.05) is 19.3 Å². The summed E-state index contributed by atoms with van der Waals surface area (Å²) in [5, 5.41) is 6.90. The number of pyridine rings is 1. The van der Waals surface area contributed by atoms with Crippen molar-refractivity contribution in [3.05, 3.63) is 35.7 Å². The summed E-state index contributed by atoms with van der Waals surface area (Å²) in [6.07, 6.45) is 1.45. The van der Waals surface area contributed by atoms with E-state index in [0.717, 1.165) is 5.69 Å². The topological polar surface area (TPSA) is 97.9 Å². The van der Waals surface area contributed by atoms with Crippen molar-refractivity contribution in [1.82, 2.24) is 14.8 Å². The van der Waals surface area contributed by atoms with E-state index in [9.17, 15) is 4.79 Å². The third-order valence-corrected chi connectivity index (χ3v) is 2.42. The molecule has 4 N–H and O–H groups in total. The number of hydrazine groups is 1. The fourth-order valence-corrected chi connectivity index (χ4v) is 1.53. The van der Waals surface area contributed by atoms with E-state index in [0.29, 0.717) is 17.2 Å². The van der Waals surface area contributed by atoms with Crippen LogP contribution in [0.1, 0.15) is 16.1 Å². The van der Waals surface area contributed by atoms with Gasteiger partial charge >= 0.3 is 0 Å². The molecule has 7 heteroatoms. The summed E-state index contributed by atoms with van der Waals surface area (Å²) in [5.74, 6) is 6.10. The molecule has 0 radical (unpaired) electrons. The van der Waals surface area contributed by atoms with Crippen molar-refractivity contribution >= 4 is 17.5 Å². The molecule has 2 heterocycles. The van der Waals surface area contributed by atoms with E-state index < -0.39 is 0 Å². The molecule has 2 rings (SSSR count). The van der Waals surface area contributed by atoms with E-state index in [1.807, 2.05) is 6.92 Å². The number of hydrogen-bond acceptors (Lipinski definition) is 5. The lowest BCUT2D eigenvalue weighted by Gasteiger charge is -2.05. The number of carbonyl (C=O) groups is 1. The van der Waals surface area contributed by atoms with Gasteiger partial charge in [-0.15, -0.1) is 0 Å². The molecule has 0 atom stereocenters. The van der Waals surface area contributed by atoms with Crippen LogP contribution in [-0.4, -0.2) is 20.7 Å². The second-order valence-electron chi connectivity index (χ2n) is 3.83. The number of hydrogen-bond donors (Lipinski definition) is 3. The zero-order valence-electron chi connectivity index (χ0n) is 10.1. The second-order valence-corrected chi connectivity index (χ2v) is 3.83. The summed E-state index contributed by atoms with van der Waals surface area (Å²) in [6, 6.07) is 5.06. The number of amides is 1. The fraction of sp³-hybridized carbons (Fsp3) is 0.182. The van der Waals surface area contributed by atoms with E-state index >= 15 is 0 Å². The second kappa shape index (κ2) is 4.84. The van der Waals surface area contributed by atoms with Crippen molar-refractivity contribution in [2.45, 2.75) is 6.92 Å². The molecule has 7 nitrogen and oxygen atoms in total. The molecule has 0 bridgehead atoms. The first-order valence-electron chi connectivity index (χ1n) is 5.35. The molecule has 2 aromatic heterocycles. The van der Waals surface area contributed by atoms with Gasteiger partial charge in [-0.05, 0) is 19.1 Å². The van der Waals surface area contributed by atoms with Crippen molar-refractivity contribution in [2.24, 2.45) is 12.9 Å². The van der Waals surface area contributed by atoms with Crippen LogP contribution in [0.2, 0.25) is 0 Å². The maximum absolute atomic E-state index is 11.9. The van der Waals surface area contributed by atoms with Gasteiger partial charge in [0.2, 0.25) is 0 Å². The van der Waals surface area contributed by atoms with Gasteiger partial charge in [-0.2, -0.15) is 5.10 Å². The molecule has 0 saturated heterocycles. The molecule has 0 aliphatic heterocycles. The van der Waals surface area contributed by atoms with Crippen LogP contribution < -0.4 is 16.6 Å². The van der Waals surface area contributed by atoms with Crippen LogP contribution in [0, 0.1) is 6.92 Å². The Labute approximate surface area is 104 Å². The summed E-state index contributed by atoms with van der Waals surface area (Å²) in [4.78, 5) is 15.9. The normalized spacial score (nSPS) is 10.2. The SMILES string of the molecule is Cc1cc(NC(=O)c2ccc(NN)nc2)n(C)n1. The lowest BCUT2D eigenvalue weighted by Crippen LogP contribution is -2.15. The molecule has 18 heavy (non-hydrogen) atoms. The number of carbonyl (C=O) groups excluding carboxylic acids is 1.